The standard InChI is InChI=1S/C19H39N3O4S2/c1-6-14(4)16(21-10-15(20)12-27)11-26-22(18(23)9-13(2)3)17(19(24)25)7-8-28-5/h13-17,21,27H,6-12,20H2,1-5H3,(H,24,25)/t14-,15?,16?,17-/m0/s1. The number of nitrogens with two attached hydrogens (primary N) is 1. The number of aliphatic carboxylic acids is 1. The average Bonchev–Trinajstić information content (AvgIpc) is 2.64. The van der Waals surface area contributed by atoms with Crippen LogP contribution in [-0.4, -0.2) is 71.1 Å². The molecule has 2 unspecified atom stereocenters. The molecule has 166 valence electrons. The molecule has 4 atom stereocenters. The third-order valence-corrected chi connectivity index (χ3v) is 5.71. The molecule has 0 aromatic rings. The number of carbonyl (C=O) groups is 2. The van der Waals surface area contributed by atoms with Crippen molar-refractivity contribution in [2.24, 2.45) is 17.6 Å². The van der Waals surface area contributed by atoms with E-state index in [2.05, 4.69) is 31.8 Å². The van der Waals surface area contributed by atoms with Crippen molar-refractivity contribution < 1.29 is 19.5 Å². The lowest BCUT2D eigenvalue weighted by atomic mass is 10.00. The third-order valence-electron chi connectivity index (χ3n) is 4.59. The normalized spacial score (nSPS) is 15.9. The molecule has 0 saturated heterocycles. The van der Waals surface area contributed by atoms with E-state index in [-0.39, 0.29) is 42.9 Å². The fourth-order valence-electron chi connectivity index (χ4n) is 2.58. The van der Waals surface area contributed by atoms with Crippen LogP contribution in [0.15, 0.2) is 0 Å². The molecule has 0 bridgehead atoms. The SMILES string of the molecule is CC[C@H](C)C(CON(C(=O)CC(C)C)[C@@H](CCSC)C(=O)O)NCC(N)CS. The van der Waals surface area contributed by atoms with Gasteiger partial charge in [-0.05, 0) is 30.3 Å². The first-order chi connectivity index (χ1) is 13.2. The zero-order valence-corrected chi connectivity index (χ0v) is 19.6. The Bertz CT molecular complexity index is 455. The molecule has 0 radical (unpaired) electrons. The Kier molecular flexibility index (Phi) is 15.1. The van der Waals surface area contributed by atoms with Crippen LogP contribution in [-0.2, 0) is 14.4 Å². The van der Waals surface area contributed by atoms with Crippen molar-refractivity contribution in [2.45, 2.75) is 65.1 Å². The van der Waals surface area contributed by atoms with E-state index in [0.29, 0.717) is 24.5 Å². The molecule has 0 saturated carbocycles. The molecule has 0 aromatic heterocycles. The van der Waals surface area contributed by atoms with E-state index in [1.807, 2.05) is 20.1 Å². The highest BCUT2D eigenvalue weighted by atomic mass is 32.2. The van der Waals surface area contributed by atoms with Gasteiger partial charge in [0.05, 0.1) is 6.61 Å². The molecule has 0 aliphatic carbocycles. The summed E-state index contributed by atoms with van der Waals surface area (Å²) in [4.78, 5) is 30.4. The number of carboxylic acids is 1. The van der Waals surface area contributed by atoms with Gasteiger partial charge >= 0.3 is 5.97 Å². The second kappa shape index (κ2) is 15.4. The molecule has 4 N–H and O–H groups in total. The first kappa shape index (κ1) is 27.5. The number of carboxylic acid groups (broad SMARTS) is 1. The van der Waals surface area contributed by atoms with E-state index < -0.39 is 12.0 Å². The second-order valence-electron chi connectivity index (χ2n) is 7.59. The highest BCUT2D eigenvalue weighted by Gasteiger charge is 2.32. The molecule has 0 heterocycles. The van der Waals surface area contributed by atoms with Gasteiger partial charge in [-0.3, -0.25) is 9.63 Å². The summed E-state index contributed by atoms with van der Waals surface area (Å²) in [5, 5.41) is 14.1. The quantitative estimate of drug-likeness (QED) is 0.217. The molecule has 28 heavy (non-hydrogen) atoms. The van der Waals surface area contributed by atoms with Gasteiger partial charge in [-0.15, -0.1) is 0 Å². The maximum Gasteiger partial charge on any atom is 0.329 e. The summed E-state index contributed by atoms with van der Waals surface area (Å²) in [6.07, 6.45) is 3.42. The first-order valence-corrected chi connectivity index (χ1v) is 12.0. The van der Waals surface area contributed by atoms with E-state index in [1.54, 1.807) is 11.8 Å². The number of nitrogens with one attached hydrogen (secondary N) is 1. The number of hydrogen-bond acceptors (Lipinski definition) is 7. The van der Waals surface area contributed by atoms with Crippen molar-refractivity contribution in [1.29, 1.82) is 0 Å². The highest BCUT2D eigenvalue weighted by molar-refractivity contribution is 7.98. The topological polar surface area (TPSA) is 105 Å². The Labute approximate surface area is 179 Å². The van der Waals surface area contributed by atoms with Gasteiger partial charge in [-0.1, -0.05) is 34.1 Å². The number of carbonyl (C=O) groups excluding carboxylic acids is 1. The molecule has 0 spiro atoms. The van der Waals surface area contributed by atoms with Crippen molar-refractivity contribution in [3.8, 4) is 0 Å². The van der Waals surface area contributed by atoms with Crippen LogP contribution in [0.2, 0.25) is 0 Å². The molecule has 9 heteroatoms. The van der Waals surface area contributed by atoms with Gasteiger partial charge in [-0.2, -0.15) is 24.4 Å². The van der Waals surface area contributed by atoms with Gasteiger partial charge in [0.1, 0.15) is 0 Å². The Hall–Kier alpha value is -0.480. The second-order valence-corrected chi connectivity index (χ2v) is 8.94. The molecule has 0 aliphatic rings. The monoisotopic (exact) mass is 437 g/mol. The van der Waals surface area contributed by atoms with Crippen LogP contribution in [0, 0.1) is 11.8 Å². The molecular weight excluding hydrogens is 398 g/mol. The van der Waals surface area contributed by atoms with Crippen molar-refractivity contribution in [2.75, 3.05) is 30.9 Å². The van der Waals surface area contributed by atoms with Crippen LogP contribution < -0.4 is 11.1 Å². The van der Waals surface area contributed by atoms with Crippen molar-refractivity contribution >= 4 is 36.3 Å². The lowest BCUT2D eigenvalue weighted by molar-refractivity contribution is -0.211. The number of hydroxylamine groups is 2. The highest BCUT2D eigenvalue weighted by Crippen LogP contribution is 2.16. The van der Waals surface area contributed by atoms with E-state index in [4.69, 9.17) is 10.6 Å². The molecule has 1 amide bonds. The maximum absolute atomic E-state index is 12.7. The largest absolute Gasteiger partial charge is 0.480 e. The van der Waals surface area contributed by atoms with Gasteiger partial charge in [-0.25, -0.2) is 9.86 Å². The van der Waals surface area contributed by atoms with Gasteiger partial charge in [0.15, 0.2) is 6.04 Å². The van der Waals surface area contributed by atoms with Crippen molar-refractivity contribution in [1.82, 2.24) is 10.4 Å². The lowest BCUT2D eigenvalue weighted by Gasteiger charge is -2.32. The van der Waals surface area contributed by atoms with Crippen LogP contribution in [0.1, 0.15) is 47.0 Å². The van der Waals surface area contributed by atoms with Crippen LogP contribution in [0.4, 0.5) is 0 Å². The minimum absolute atomic E-state index is 0.0414. The number of hydrogen-bond donors (Lipinski definition) is 4. The first-order valence-electron chi connectivity index (χ1n) is 9.94. The Balaban J connectivity index is 5.28. The average molecular weight is 438 g/mol. The summed E-state index contributed by atoms with van der Waals surface area (Å²) < 4.78 is 0. The van der Waals surface area contributed by atoms with Gasteiger partial charge in [0.2, 0.25) is 5.91 Å². The van der Waals surface area contributed by atoms with Gasteiger partial charge in [0, 0.05) is 30.8 Å². The third kappa shape index (κ3) is 10.9. The lowest BCUT2D eigenvalue weighted by Crippen LogP contribution is -2.50. The predicted octanol–water partition coefficient (Wildman–Crippen LogP) is 2.26. The van der Waals surface area contributed by atoms with Crippen LogP contribution >= 0.6 is 24.4 Å². The molecule has 0 fully saturated rings. The smallest absolute Gasteiger partial charge is 0.329 e. The Morgan fingerprint density at radius 2 is 1.96 bits per heavy atom. The van der Waals surface area contributed by atoms with Crippen LogP contribution in [0.25, 0.3) is 0 Å². The molecule has 0 rings (SSSR count). The van der Waals surface area contributed by atoms with Gasteiger partial charge < -0.3 is 16.2 Å². The van der Waals surface area contributed by atoms with Crippen LogP contribution in [0.3, 0.4) is 0 Å². The fraction of sp³-hybridized carbons (Fsp3) is 0.895. The molecular formula is C19H39N3O4S2. The fourth-order valence-corrected chi connectivity index (χ4v) is 3.17. The Morgan fingerprint density at radius 3 is 2.43 bits per heavy atom. The van der Waals surface area contributed by atoms with Crippen molar-refractivity contribution in [3.63, 3.8) is 0 Å². The summed E-state index contributed by atoms with van der Waals surface area (Å²) in [5.74, 6) is 0.259. The van der Waals surface area contributed by atoms with Gasteiger partial charge in [0.25, 0.3) is 0 Å². The summed E-state index contributed by atoms with van der Waals surface area (Å²) >= 11 is 5.75. The summed E-state index contributed by atoms with van der Waals surface area (Å²) in [7, 11) is 0. The number of nitrogens with zero attached hydrogens (tertiary/aromatic N) is 1. The minimum Gasteiger partial charge on any atom is -0.480 e. The van der Waals surface area contributed by atoms with E-state index in [1.165, 1.54) is 0 Å². The minimum atomic E-state index is -1.05. The van der Waals surface area contributed by atoms with Crippen molar-refractivity contribution in [3.05, 3.63) is 0 Å². The number of thioether (sulfide) groups is 1. The summed E-state index contributed by atoms with van der Waals surface area (Å²) in [6.45, 7) is 8.82. The number of thiol groups is 1. The van der Waals surface area contributed by atoms with E-state index in [9.17, 15) is 14.7 Å². The molecule has 0 aliphatic heterocycles. The summed E-state index contributed by atoms with van der Waals surface area (Å²) in [6, 6.07) is -1.11. The Morgan fingerprint density at radius 1 is 1.32 bits per heavy atom. The maximum atomic E-state index is 12.7. The molecule has 7 nitrogen and oxygen atoms in total. The zero-order chi connectivity index (χ0) is 21.7. The van der Waals surface area contributed by atoms with E-state index in [0.717, 1.165) is 11.5 Å². The number of rotatable bonds is 16. The van der Waals surface area contributed by atoms with Crippen LogP contribution in [0.5, 0.6) is 0 Å². The number of amides is 1. The molecule has 0 aromatic carbocycles. The summed E-state index contributed by atoms with van der Waals surface area (Å²) in [5.41, 5.74) is 5.94. The predicted molar refractivity (Wildman–Crippen MR) is 120 cm³/mol. The zero-order valence-electron chi connectivity index (χ0n) is 17.9. The van der Waals surface area contributed by atoms with E-state index >= 15 is 0 Å².